The lowest BCUT2D eigenvalue weighted by Crippen LogP contribution is -2.45. The molecule has 0 spiro atoms. The number of aliphatic imine (C=N–C) groups is 1. The van der Waals surface area contributed by atoms with E-state index in [1.54, 1.807) is 24.5 Å². The van der Waals surface area contributed by atoms with E-state index in [4.69, 9.17) is 38.7 Å². The van der Waals surface area contributed by atoms with Crippen LogP contribution in [0.3, 0.4) is 0 Å². The molecule has 0 unspecified atom stereocenters. The van der Waals surface area contributed by atoms with E-state index < -0.39 is 11.9 Å². The number of rotatable bonds is 13. The number of nitrogens with two attached hydrogens (primary N) is 1. The van der Waals surface area contributed by atoms with Crippen molar-refractivity contribution < 1.29 is 19.4 Å². The Hall–Kier alpha value is -3.92. The van der Waals surface area contributed by atoms with Gasteiger partial charge in [0.2, 0.25) is 17.7 Å². The smallest absolute Gasteiger partial charge is 0.240 e. The zero-order valence-corrected chi connectivity index (χ0v) is 24.7. The van der Waals surface area contributed by atoms with Crippen LogP contribution >= 0.6 is 23.2 Å². The third-order valence-electron chi connectivity index (χ3n) is 6.70. The fraction of sp³-hybridized carbons (Fsp3) is 0.290. The lowest BCUT2D eigenvalue weighted by molar-refractivity contribution is -0.127. The van der Waals surface area contributed by atoms with Crippen LogP contribution in [0.2, 0.25) is 10.0 Å². The zero-order chi connectivity index (χ0) is 30.1. The van der Waals surface area contributed by atoms with Gasteiger partial charge in [-0.3, -0.25) is 24.5 Å². The third kappa shape index (κ3) is 8.09. The van der Waals surface area contributed by atoms with Gasteiger partial charge >= 0.3 is 0 Å². The molecule has 2 amide bonds. The minimum Gasteiger partial charge on any atom is -0.479 e. The predicted molar refractivity (Wildman–Crippen MR) is 165 cm³/mol. The summed E-state index contributed by atoms with van der Waals surface area (Å²) in [6, 6.07) is 15.8. The summed E-state index contributed by atoms with van der Waals surface area (Å²) in [5, 5.41) is 13.5. The first kappa shape index (κ1) is 31.0. The van der Waals surface area contributed by atoms with Gasteiger partial charge < -0.3 is 20.9 Å². The first-order chi connectivity index (χ1) is 20.3. The molecule has 0 radical (unpaired) electrons. The standard InChI is InChI=1S/C31H33Cl2N5O4/c1-20-6-8-21(9-7-20)16-27(30(34)41)37-28(40)5-3-15-42-31-24(12-14-39)29(22-4-2-13-35-18-22)36-19-38(31)23-10-11-25(32)26(33)17-23/h2,4,6-11,13,17-18,27,39H,3,5,12,14-16,19H2,1H3,(H2,34,41)(H,37,40)/t27-/m0/s1. The number of nitrogens with one attached hydrogen (secondary N) is 1. The van der Waals surface area contributed by atoms with E-state index in [-0.39, 0.29) is 38.6 Å². The molecule has 2 heterocycles. The number of primary amides is 1. The Morgan fingerprint density at radius 3 is 2.60 bits per heavy atom. The van der Waals surface area contributed by atoms with Gasteiger partial charge in [-0.1, -0.05) is 53.0 Å². The summed E-state index contributed by atoms with van der Waals surface area (Å²) in [5.74, 6) is -0.409. The first-order valence-corrected chi connectivity index (χ1v) is 14.3. The maximum atomic E-state index is 12.7. The van der Waals surface area contributed by atoms with Crippen molar-refractivity contribution in [3.05, 3.63) is 105 Å². The van der Waals surface area contributed by atoms with Crippen LogP contribution in [0.1, 0.15) is 36.0 Å². The fourth-order valence-electron chi connectivity index (χ4n) is 4.54. The molecule has 9 nitrogen and oxygen atoms in total. The van der Waals surface area contributed by atoms with Gasteiger partial charge in [-0.15, -0.1) is 0 Å². The van der Waals surface area contributed by atoms with Crippen LogP contribution in [-0.4, -0.2) is 53.5 Å². The number of ether oxygens (including phenoxy) is 1. The minimum atomic E-state index is -0.818. The van der Waals surface area contributed by atoms with Crippen LogP contribution in [0.4, 0.5) is 5.69 Å². The molecule has 42 heavy (non-hydrogen) atoms. The Balaban J connectivity index is 1.47. The van der Waals surface area contributed by atoms with E-state index in [9.17, 15) is 14.7 Å². The summed E-state index contributed by atoms with van der Waals surface area (Å²) in [6.45, 7) is 2.27. The highest BCUT2D eigenvalue weighted by Crippen LogP contribution is 2.33. The molecular formula is C31H33Cl2N5O4. The van der Waals surface area contributed by atoms with Crippen molar-refractivity contribution >= 4 is 46.4 Å². The molecule has 1 aliphatic heterocycles. The van der Waals surface area contributed by atoms with Gasteiger partial charge in [-0.25, -0.2) is 0 Å². The molecule has 0 fully saturated rings. The molecule has 11 heteroatoms. The van der Waals surface area contributed by atoms with E-state index in [0.29, 0.717) is 45.7 Å². The van der Waals surface area contributed by atoms with Crippen molar-refractivity contribution in [1.29, 1.82) is 0 Å². The summed E-state index contributed by atoms with van der Waals surface area (Å²) >= 11 is 12.5. The molecule has 0 saturated heterocycles. The average molecular weight is 611 g/mol. The number of amides is 2. The van der Waals surface area contributed by atoms with Crippen molar-refractivity contribution in [2.75, 3.05) is 24.8 Å². The second kappa shape index (κ2) is 14.8. The zero-order valence-electron chi connectivity index (χ0n) is 23.2. The highest BCUT2D eigenvalue weighted by molar-refractivity contribution is 6.42. The topological polar surface area (TPSA) is 130 Å². The Morgan fingerprint density at radius 1 is 1.14 bits per heavy atom. The molecule has 4 rings (SSSR count). The monoisotopic (exact) mass is 609 g/mol. The van der Waals surface area contributed by atoms with Gasteiger partial charge in [0, 0.05) is 55.1 Å². The Bertz CT molecular complexity index is 1460. The Labute approximate surface area is 255 Å². The highest BCUT2D eigenvalue weighted by Gasteiger charge is 2.27. The second-order valence-corrected chi connectivity index (χ2v) is 10.7. The van der Waals surface area contributed by atoms with Crippen LogP contribution in [0.25, 0.3) is 0 Å². The normalized spacial score (nSPS) is 13.9. The van der Waals surface area contributed by atoms with E-state index >= 15 is 0 Å². The Kier molecular flexibility index (Phi) is 10.9. The Morgan fingerprint density at radius 2 is 1.93 bits per heavy atom. The summed E-state index contributed by atoms with van der Waals surface area (Å²) in [6.07, 6.45) is 4.46. The number of aliphatic hydroxyl groups excluding tert-OH is 1. The molecule has 0 bridgehead atoms. The van der Waals surface area contributed by atoms with Gasteiger partial charge in [0.05, 0.1) is 22.4 Å². The van der Waals surface area contributed by atoms with E-state index in [1.807, 2.05) is 54.3 Å². The highest BCUT2D eigenvalue weighted by atomic mass is 35.5. The number of carbonyl (C=O) groups excluding carboxylic acids is 2. The number of halogens is 2. The van der Waals surface area contributed by atoms with Crippen LogP contribution in [0, 0.1) is 6.92 Å². The number of hydrogen-bond acceptors (Lipinski definition) is 7. The number of aliphatic hydroxyl groups is 1. The van der Waals surface area contributed by atoms with Crippen molar-refractivity contribution in [2.24, 2.45) is 10.7 Å². The lowest BCUT2D eigenvalue weighted by atomic mass is 10.00. The van der Waals surface area contributed by atoms with Crippen molar-refractivity contribution in [3.63, 3.8) is 0 Å². The van der Waals surface area contributed by atoms with Gasteiger partial charge in [-0.2, -0.15) is 0 Å². The molecular weight excluding hydrogens is 577 g/mol. The molecule has 1 aromatic heterocycles. The van der Waals surface area contributed by atoms with E-state index in [2.05, 4.69) is 10.3 Å². The third-order valence-corrected chi connectivity index (χ3v) is 7.44. The molecule has 0 saturated carbocycles. The first-order valence-electron chi connectivity index (χ1n) is 13.6. The number of carbonyl (C=O) groups is 2. The SMILES string of the molecule is Cc1ccc(C[C@H](NC(=O)CCCOC2=C(CCO)C(c3cccnc3)=NCN2c2ccc(Cl)c(Cl)c2)C(N)=O)cc1. The van der Waals surface area contributed by atoms with Crippen molar-refractivity contribution in [1.82, 2.24) is 10.3 Å². The van der Waals surface area contributed by atoms with Crippen LogP contribution in [-0.2, 0) is 20.7 Å². The van der Waals surface area contributed by atoms with Crippen LogP contribution in [0.5, 0.6) is 0 Å². The number of aryl methyl sites for hydroxylation is 1. The molecule has 0 aliphatic carbocycles. The molecule has 3 aromatic rings. The van der Waals surface area contributed by atoms with Gasteiger partial charge in [0.1, 0.15) is 12.7 Å². The predicted octanol–water partition coefficient (Wildman–Crippen LogP) is 4.57. The maximum Gasteiger partial charge on any atom is 0.240 e. The molecule has 220 valence electrons. The maximum absolute atomic E-state index is 12.7. The van der Waals surface area contributed by atoms with E-state index in [1.165, 1.54) is 0 Å². The second-order valence-electron chi connectivity index (χ2n) is 9.84. The molecule has 1 atom stereocenters. The van der Waals surface area contributed by atoms with Crippen molar-refractivity contribution in [2.45, 2.75) is 38.6 Å². The van der Waals surface area contributed by atoms with Gasteiger partial charge in [0.15, 0.2) is 0 Å². The molecule has 1 aliphatic rings. The number of nitrogens with zero attached hydrogens (tertiary/aromatic N) is 3. The van der Waals surface area contributed by atoms with Crippen LogP contribution in [0.15, 0.2) is 83.4 Å². The average Bonchev–Trinajstić information content (AvgIpc) is 2.98. The summed E-state index contributed by atoms with van der Waals surface area (Å²) in [7, 11) is 0. The molecule has 4 N–H and O–H groups in total. The molecule has 2 aromatic carbocycles. The van der Waals surface area contributed by atoms with Crippen molar-refractivity contribution in [3.8, 4) is 0 Å². The van der Waals surface area contributed by atoms with Gasteiger partial charge in [0.25, 0.3) is 0 Å². The summed E-state index contributed by atoms with van der Waals surface area (Å²) < 4.78 is 6.29. The number of pyridine rings is 1. The fourth-order valence-corrected chi connectivity index (χ4v) is 4.83. The number of hydrogen-bond donors (Lipinski definition) is 3. The largest absolute Gasteiger partial charge is 0.479 e. The lowest BCUT2D eigenvalue weighted by Gasteiger charge is -2.32. The number of aromatic nitrogens is 1. The number of benzene rings is 2. The van der Waals surface area contributed by atoms with Gasteiger partial charge in [-0.05, 0) is 49.2 Å². The minimum absolute atomic E-state index is 0.122. The van der Waals surface area contributed by atoms with Crippen LogP contribution < -0.4 is 16.0 Å². The van der Waals surface area contributed by atoms with E-state index in [0.717, 1.165) is 16.7 Å². The number of anilines is 1. The quantitative estimate of drug-likeness (QED) is 0.243. The summed E-state index contributed by atoms with van der Waals surface area (Å²) in [4.78, 5) is 35.6. The summed E-state index contributed by atoms with van der Waals surface area (Å²) in [5.41, 5.74) is 10.4.